The Hall–Kier alpha value is -2.90. The number of methoxy groups -OCH3 is 1. The second kappa shape index (κ2) is 7.35. The second-order valence-corrected chi connectivity index (χ2v) is 8.30. The number of rotatable bonds is 4. The molecule has 8 heteroatoms. The van der Waals surface area contributed by atoms with E-state index in [1.807, 2.05) is 24.0 Å². The number of carbonyl (C=O) groups excluding carboxylic acids is 2. The Morgan fingerprint density at radius 1 is 1.19 bits per heavy atom. The molecule has 5 rings (SSSR count). The van der Waals surface area contributed by atoms with Crippen LogP contribution in [-0.4, -0.2) is 62.3 Å². The average Bonchev–Trinajstić information content (AvgIpc) is 3.09. The minimum absolute atomic E-state index is 0.0264. The van der Waals surface area contributed by atoms with Crippen molar-refractivity contribution in [2.45, 2.75) is 50.4 Å². The normalized spacial score (nSPS) is 31.4. The van der Waals surface area contributed by atoms with E-state index in [2.05, 4.69) is 12.1 Å². The van der Waals surface area contributed by atoms with Gasteiger partial charge in [0.2, 0.25) is 0 Å². The number of amides is 1. The van der Waals surface area contributed by atoms with Crippen LogP contribution in [0.2, 0.25) is 0 Å². The van der Waals surface area contributed by atoms with Gasteiger partial charge in [-0.1, -0.05) is 12.1 Å². The zero-order chi connectivity index (χ0) is 21.8. The third-order valence-electron chi connectivity index (χ3n) is 7.05. The molecule has 1 saturated heterocycles. The van der Waals surface area contributed by atoms with Gasteiger partial charge in [-0.25, -0.2) is 9.59 Å². The predicted octanol–water partition coefficient (Wildman–Crippen LogP) is 3.21. The molecule has 0 saturated carbocycles. The van der Waals surface area contributed by atoms with Crippen molar-refractivity contribution in [2.24, 2.45) is 5.92 Å². The standard InChI is InChI=1S/C23H27NO7/c1-4-28-21(25)24-11-10-23-14-7-9-17(30-22(26)29-5-2)20(23)31-19-16(27-3)8-6-13(18(19)23)12-15(14)24/h6-9,14-15,17,20H,4-5,10-12H2,1-3H3/t14-,15-,17-,20-,23+/m1/s1. The van der Waals surface area contributed by atoms with E-state index in [1.54, 1.807) is 14.0 Å². The zero-order valence-electron chi connectivity index (χ0n) is 18.0. The summed E-state index contributed by atoms with van der Waals surface area (Å²) in [4.78, 5) is 26.7. The molecule has 4 aliphatic rings. The summed E-state index contributed by atoms with van der Waals surface area (Å²) in [7, 11) is 1.62. The maximum atomic E-state index is 12.7. The van der Waals surface area contributed by atoms with Gasteiger partial charge < -0.3 is 28.6 Å². The Bertz CT molecular complexity index is 944. The summed E-state index contributed by atoms with van der Waals surface area (Å²) >= 11 is 0. The van der Waals surface area contributed by atoms with Gasteiger partial charge in [0.15, 0.2) is 17.6 Å². The van der Waals surface area contributed by atoms with Crippen LogP contribution >= 0.6 is 0 Å². The van der Waals surface area contributed by atoms with E-state index in [1.165, 1.54) is 0 Å². The highest BCUT2D eigenvalue weighted by Crippen LogP contribution is 2.62. The third-order valence-corrected chi connectivity index (χ3v) is 7.05. The molecule has 166 valence electrons. The fourth-order valence-electron chi connectivity index (χ4n) is 5.99. The van der Waals surface area contributed by atoms with Gasteiger partial charge in [-0.3, -0.25) is 0 Å². The van der Waals surface area contributed by atoms with Crippen LogP contribution in [0.15, 0.2) is 24.3 Å². The van der Waals surface area contributed by atoms with Crippen molar-refractivity contribution in [3.63, 3.8) is 0 Å². The molecule has 0 radical (unpaired) electrons. The number of hydrogen-bond donors (Lipinski definition) is 0. The van der Waals surface area contributed by atoms with Crippen LogP contribution in [0, 0.1) is 5.92 Å². The number of benzene rings is 1. The predicted molar refractivity (Wildman–Crippen MR) is 109 cm³/mol. The van der Waals surface area contributed by atoms with E-state index in [9.17, 15) is 9.59 Å². The molecule has 1 aromatic carbocycles. The lowest BCUT2D eigenvalue weighted by atomic mass is 9.53. The first-order valence-corrected chi connectivity index (χ1v) is 10.9. The Kier molecular flexibility index (Phi) is 4.75. The highest BCUT2D eigenvalue weighted by molar-refractivity contribution is 5.70. The SMILES string of the molecule is CCOC(=O)O[C@@H]1C=C[C@@H]2[C@H]3Cc4ccc(OC)c5c4[C@@]2(CCN3C(=O)OCC)[C@@H]1O5. The van der Waals surface area contributed by atoms with E-state index in [-0.39, 0.29) is 24.7 Å². The minimum atomic E-state index is -0.713. The summed E-state index contributed by atoms with van der Waals surface area (Å²) in [5.74, 6) is 1.42. The van der Waals surface area contributed by atoms with Crippen molar-refractivity contribution in [3.8, 4) is 11.5 Å². The lowest BCUT2D eigenvalue weighted by Crippen LogP contribution is -2.66. The molecule has 0 aromatic heterocycles. The van der Waals surface area contributed by atoms with Crippen LogP contribution in [0.1, 0.15) is 31.4 Å². The molecule has 2 heterocycles. The topological polar surface area (TPSA) is 83.5 Å². The van der Waals surface area contributed by atoms with Crippen LogP contribution in [0.4, 0.5) is 9.59 Å². The van der Waals surface area contributed by atoms with Gasteiger partial charge in [-0.2, -0.15) is 0 Å². The van der Waals surface area contributed by atoms with Gasteiger partial charge in [0.05, 0.1) is 25.7 Å². The van der Waals surface area contributed by atoms with E-state index in [4.69, 9.17) is 23.7 Å². The molecule has 5 atom stereocenters. The van der Waals surface area contributed by atoms with Crippen molar-refractivity contribution in [2.75, 3.05) is 26.9 Å². The Labute approximate surface area is 181 Å². The van der Waals surface area contributed by atoms with Gasteiger partial charge in [0, 0.05) is 24.1 Å². The van der Waals surface area contributed by atoms with Gasteiger partial charge in [0.1, 0.15) is 6.10 Å². The van der Waals surface area contributed by atoms with Crippen LogP contribution < -0.4 is 9.47 Å². The molecule has 1 spiro atoms. The quantitative estimate of drug-likeness (QED) is 0.537. The summed E-state index contributed by atoms with van der Waals surface area (Å²) in [6.07, 6.45) is 3.34. The Morgan fingerprint density at radius 3 is 2.74 bits per heavy atom. The average molecular weight is 429 g/mol. The maximum Gasteiger partial charge on any atom is 0.508 e. The van der Waals surface area contributed by atoms with Crippen molar-refractivity contribution >= 4 is 12.2 Å². The number of piperidine rings is 1. The second-order valence-electron chi connectivity index (χ2n) is 8.30. The Balaban J connectivity index is 1.61. The van der Waals surface area contributed by atoms with Crippen molar-refractivity contribution in [3.05, 3.63) is 35.4 Å². The maximum absolute atomic E-state index is 12.7. The van der Waals surface area contributed by atoms with Gasteiger partial charge in [-0.15, -0.1) is 0 Å². The molecular formula is C23H27NO7. The van der Waals surface area contributed by atoms with E-state index in [0.717, 1.165) is 16.9 Å². The van der Waals surface area contributed by atoms with E-state index >= 15 is 0 Å². The molecule has 2 aliphatic carbocycles. The monoisotopic (exact) mass is 429 g/mol. The fourth-order valence-corrected chi connectivity index (χ4v) is 5.99. The largest absolute Gasteiger partial charge is 0.508 e. The van der Waals surface area contributed by atoms with Gasteiger partial charge in [0.25, 0.3) is 0 Å². The van der Waals surface area contributed by atoms with Crippen LogP contribution in [0.5, 0.6) is 11.5 Å². The number of likely N-dealkylation sites (tertiary alicyclic amines) is 1. The molecule has 0 unspecified atom stereocenters. The number of hydrogen-bond acceptors (Lipinski definition) is 7. The lowest BCUT2D eigenvalue weighted by Gasteiger charge is -2.56. The number of carbonyl (C=O) groups is 2. The molecule has 31 heavy (non-hydrogen) atoms. The first kappa shape index (κ1) is 20.0. The molecule has 2 bridgehead atoms. The lowest BCUT2D eigenvalue weighted by molar-refractivity contribution is -0.0640. The summed E-state index contributed by atoms with van der Waals surface area (Å²) in [5.41, 5.74) is 1.86. The summed E-state index contributed by atoms with van der Waals surface area (Å²) < 4.78 is 28.1. The molecule has 1 fully saturated rings. The number of ether oxygens (including phenoxy) is 5. The highest BCUT2D eigenvalue weighted by atomic mass is 16.7. The molecule has 1 amide bonds. The van der Waals surface area contributed by atoms with Gasteiger partial charge >= 0.3 is 12.2 Å². The van der Waals surface area contributed by atoms with Crippen LogP contribution in [0.3, 0.4) is 0 Å². The summed E-state index contributed by atoms with van der Waals surface area (Å²) in [6.45, 7) is 4.69. The van der Waals surface area contributed by atoms with E-state index in [0.29, 0.717) is 31.7 Å². The smallest absolute Gasteiger partial charge is 0.493 e. The summed E-state index contributed by atoms with van der Waals surface area (Å²) in [6, 6.07) is 3.91. The van der Waals surface area contributed by atoms with Gasteiger partial charge in [-0.05, 0) is 44.4 Å². The molecule has 0 N–H and O–H groups in total. The van der Waals surface area contributed by atoms with Crippen molar-refractivity contribution in [1.29, 1.82) is 0 Å². The summed E-state index contributed by atoms with van der Waals surface area (Å²) in [5, 5.41) is 0. The molecular weight excluding hydrogens is 402 g/mol. The molecule has 8 nitrogen and oxygen atoms in total. The Morgan fingerprint density at radius 2 is 2.00 bits per heavy atom. The highest BCUT2D eigenvalue weighted by Gasteiger charge is 2.66. The van der Waals surface area contributed by atoms with Crippen molar-refractivity contribution in [1.82, 2.24) is 4.90 Å². The zero-order valence-corrected chi connectivity index (χ0v) is 18.0. The first-order chi connectivity index (χ1) is 15.0. The van der Waals surface area contributed by atoms with Crippen LogP contribution in [-0.2, 0) is 26.0 Å². The minimum Gasteiger partial charge on any atom is -0.493 e. The van der Waals surface area contributed by atoms with Crippen LogP contribution in [0.25, 0.3) is 0 Å². The fraction of sp³-hybridized carbons (Fsp3) is 0.565. The third kappa shape index (κ3) is 2.73. The van der Waals surface area contributed by atoms with Crippen molar-refractivity contribution < 1.29 is 33.3 Å². The molecule has 2 aliphatic heterocycles. The molecule has 1 aromatic rings. The first-order valence-electron chi connectivity index (χ1n) is 10.9. The van der Waals surface area contributed by atoms with E-state index < -0.39 is 23.8 Å². The number of nitrogens with zero attached hydrogens (tertiary/aromatic N) is 1.